The van der Waals surface area contributed by atoms with Crippen molar-refractivity contribution in [1.82, 2.24) is 0 Å². The Labute approximate surface area is 313 Å². The van der Waals surface area contributed by atoms with Crippen LogP contribution in [0.2, 0.25) is 0 Å². The lowest BCUT2D eigenvalue weighted by atomic mass is 9.67. The topological polar surface area (TPSA) is 0 Å². The maximum Gasteiger partial charge on any atom is 0.0713 e. The Morgan fingerprint density at radius 2 is 0.849 bits per heavy atom. The molecule has 0 saturated heterocycles. The summed E-state index contributed by atoms with van der Waals surface area (Å²) in [6, 6.07) is 74.7. The highest BCUT2D eigenvalue weighted by molar-refractivity contribution is 5.96. The average molecular weight is 677 g/mol. The van der Waals surface area contributed by atoms with Crippen LogP contribution in [0.15, 0.2) is 200 Å². The van der Waals surface area contributed by atoms with E-state index in [0.29, 0.717) is 0 Å². The van der Waals surface area contributed by atoms with Crippen LogP contribution in [0.5, 0.6) is 0 Å². The first kappa shape index (κ1) is 31.5. The van der Waals surface area contributed by atoms with E-state index < -0.39 is 5.41 Å². The van der Waals surface area contributed by atoms with Gasteiger partial charge in [0, 0.05) is 11.3 Å². The molecular weight excluding hydrogens is 637 g/mol. The van der Waals surface area contributed by atoms with E-state index in [2.05, 4.69) is 214 Å². The second kappa shape index (κ2) is 12.2. The third-order valence-electron chi connectivity index (χ3n) is 12.1. The molecule has 0 aromatic heterocycles. The zero-order valence-corrected chi connectivity index (χ0v) is 30.1. The largest absolute Gasteiger partial charge is 0.0713 e. The van der Waals surface area contributed by atoms with Crippen LogP contribution in [0.4, 0.5) is 0 Å². The van der Waals surface area contributed by atoms with Gasteiger partial charge in [-0.25, -0.2) is 0 Å². The predicted molar refractivity (Wildman–Crippen MR) is 221 cm³/mol. The standard InChI is InChI=1S/C53H40/c1-52(2)46-30-16-14-26-41(46)42-34-33-37(35-49(42)52)50(36-19-6-3-7-20-36)43-27-13-12-25-40(43)44-29-18-32-48-51(44)45-28-15-17-31-47(45)53(48,38-21-8-4-9-22-38)39-23-10-5-11-24-39/h3-35,50H,1-2H3. The van der Waals surface area contributed by atoms with Crippen molar-refractivity contribution in [2.45, 2.75) is 30.6 Å². The van der Waals surface area contributed by atoms with Gasteiger partial charge in [0.2, 0.25) is 0 Å². The fraction of sp³-hybridized carbons (Fsp3) is 0.0943. The number of benzene rings is 8. The monoisotopic (exact) mass is 676 g/mol. The quantitative estimate of drug-likeness (QED) is 0.154. The minimum atomic E-state index is -0.446. The van der Waals surface area contributed by atoms with Crippen LogP contribution < -0.4 is 0 Å². The minimum Gasteiger partial charge on any atom is -0.0622 e. The Balaban J connectivity index is 1.23. The summed E-state index contributed by atoms with van der Waals surface area (Å²) in [7, 11) is 0. The summed E-state index contributed by atoms with van der Waals surface area (Å²) in [6.45, 7) is 4.76. The van der Waals surface area contributed by atoms with Crippen LogP contribution in [-0.4, -0.2) is 0 Å². The molecule has 0 nitrogen and oxygen atoms in total. The van der Waals surface area contributed by atoms with Crippen molar-refractivity contribution in [1.29, 1.82) is 0 Å². The lowest BCUT2D eigenvalue weighted by Gasteiger charge is -2.34. The zero-order chi connectivity index (χ0) is 35.6. The summed E-state index contributed by atoms with van der Waals surface area (Å²) in [5.74, 6) is 0.0396. The van der Waals surface area contributed by atoms with Crippen LogP contribution in [0.1, 0.15) is 69.8 Å². The van der Waals surface area contributed by atoms with E-state index in [9.17, 15) is 0 Å². The van der Waals surface area contributed by atoms with E-state index in [0.717, 1.165) is 0 Å². The molecule has 2 aliphatic carbocycles. The summed E-state index contributed by atoms with van der Waals surface area (Å²) < 4.78 is 0. The molecule has 0 spiro atoms. The van der Waals surface area contributed by atoms with Crippen molar-refractivity contribution in [3.05, 3.63) is 250 Å². The molecule has 0 heterocycles. The van der Waals surface area contributed by atoms with Gasteiger partial charge in [-0.15, -0.1) is 0 Å². The van der Waals surface area contributed by atoms with Gasteiger partial charge in [-0.3, -0.25) is 0 Å². The molecule has 2 aliphatic rings. The van der Waals surface area contributed by atoms with E-state index in [-0.39, 0.29) is 11.3 Å². The Morgan fingerprint density at radius 1 is 0.340 bits per heavy atom. The first-order valence-corrected chi connectivity index (χ1v) is 18.8. The molecule has 0 heteroatoms. The van der Waals surface area contributed by atoms with Crippen LogP contribution in [-0.2, 0) is 10.8 Å². The third-order valence-corrected chi connectivity index (χ3v) is 12.1. The van der Waals surface area contributed by atoms with Gasteiger partial charge >= 0.3 is 0 Å². The van der Waals surface area contributed by atoms with E-state index >= 15 is 0 Å². The van der Waals surface area contributed by atoms with Gasteiger partial charge < -0.3 is 0 Å². The SMILES string of the molecule is CC1(C)c2ccccc2-c2ccc(C(c3ccccc3)c3ccccc3-c3cccc4c3-c3ccccc3C4(c3ccccc3)c3ccccc3)cc21. The molecule has 53 heavy (non-hydrogen) atoms. The molecule has 0 bridgehead atoms. The van der Waals surface area contributed by atoms with Crippen LogP contribution in [0.25, 0.3) is 33.4 Å². The zero-order valence-electron chi connectivity index (χ0n) is 30.1. The Kier molecular flexibility index (Phi) is 7.24. The average Bonchev–Trinajstić information content (AvgIpc) is 3.65. The van der Waals surface area contributed by atoms with Crippen molar-refractivity contribution in [2.75, 3.05) is 0 Å². The minimum absolute atomic E-state index is 0.0396. The molecular formula is C53H40. The van der Waals surface area contributed by atoms with Gasteiger partial charge in [0.1, 0.15) is 0 Å². The van der Waals surface area contributed by atoms with Gasteiger partial charge in [-0.2, -0.15) is 0 Å². The van der Waals surface area contributed by atoms with Crippen molar-refractivity contribution in [2.24, 2.45) is 0 Å². The van der Waals surface area contributed by atoms with Gasteiger partial charge in [-0.1, -0.05) is 214 Å². The summed E-state index contributed by atoms with van der Waals surface area (Å²) >= 11 is 0. The Hall–Kier alpha value is -6.24. The molecule has 0 N–H and O–H groups in total. The van der Waals surface area contributed by atoms with E-state index in [4.69, 9.17) is 0 Å². The molecule has 8 aromatic rings. The van der Waals surface area contributed by atoms with E-state index in [1.54, 1.807) is 0 Å². The first-order chi connectivity index (χ1) is 26.1. The number of fused-ring (bicyclic) bond motifs is 6. The van der Waals surface area contributed by atoms with Crippen molar-refractivity contribution in [3.63, 3.8) is 0 Å². The van der Waals surface area contributed by atoms with Crippen LogP contribution >= 0.6 is 0 Å². The molecule has 0 fully saturated rings. The van der Waals surface area contributed by atoms with Crippen LogP contribution in [0, 0.1) is 0 Å². The lowest BCUT2D eigenvalue weighted by Crippen LogP contribution is -2.28. The Morgan fingerprint density at radius 3 is 1.55 bits per heavy atom. The van der Waals surface area contributed by atoms with Crippen molar-refractivity contribution < 1.29 is 0 Å². The van der Waals surface area contributed by atoms with Gasteiger partial charge in [0.15, 0.2) is 0 Å². The molecule has 1 unspecified atom stereocenters. The van der Waals surface area contributed by atoms with Gasteiger partial charge in [0.05, 0.1) is 5.41 Å². The maximum atomic E-state index is 2.50. The second-order valence-corrected chi connectivity index (χ2v) is 15.2. The summed E-state index contributed by atoms with van der Waals surface area (Å²) in [6.07, 6.45) is 0. The third kappa shape index (κ3) is 4.62. The molecule has 1 atom stereocenters. The maximum absolute atomic E-state index is 2.50. The smallest absolute Gasteiger partial charge is 0.0622 e. The highest BCUT2D eigenvalue weighted by Gasteiger charge is 2.47. The summed E-state index contributed by atoms with van der Waals surface area (Å²) in [5, 5.41) is 0. The molecule has 10 rings (SSSR count). The van der Waals surface area contributed by atoms with Crippen molar-refractivity contribution >= 4 is 0 Å². The molecule has 252 valence electrons. The molecule has 8 aromatic carbocycles. The number of rotatable bonds is 6. The van der Waals surface area contributed by atoms with Crippen molar-refractivity contribution in [3.8, 4) is 33.4 Å². The summed E-state index contributed by atoms with van der Waals surface area (Å²) in [5.41, 5.74) is 19.3. The molecule has 0 aliphatic heterocycles. The second-order valence-electron chi connectivity index (χ2n) is 15.2. The normalized spacial score (nSPS) is 14.8. The molecule has 0 saturated carbocycles. The number of hydrogen-bond donors (Lipinski definition) is 0. The van der Waals surface area contributed by atoms with Gasteiger partial charge in [-0.05, 0) is 83.5 Å². The fourth-order valence-corrected chi connectivity index (χ4v) is 9.81. The number of hydrogen-bond acceptors (Lipinski definition) is 0. The first-order valence-electron chi connectivity index (χ1n) is 18.8. The Bertz CT molecular complexity index is 2590. The fourth-order valence-electron chi connectivity index (χ4n) is 9.81. The highest BCUT2D eigenvalue weighted by Crippen LogP contribution is 2.59. The van der Waals surface area contributed by atoms with E-state index in [1.165, 1.54) is 83.5 Å². The highest BCUT2D eigenvalue weighted by atomic mass is 14.5. The molecule has 0 radical (unpaired) electrons. The van der Waals surface area contributed by atoms with Crippen LogP contribution in [0.3, 0.4) is 0 Å². The predicted octanol–water partition coefficient (Wildman–Crippen LogP) is 13.2. The summed E-state index contributed by atoms with van der Waals surface area (Å²) in [4.78, 5) is 0. The van der Waals surface area contributed by atoms with Gasteiger partial charge in [0.25, 0.3) is 0 Å². The lowest BCUT2D eigenvalue weighted by molar-refractivity contribution is 0.659. The van der Waals surface area contributed by atoms with E-state index in [1.807, 2.05) is 0 Å². The molecule has 0 amide bonds.